The molecule has 1 unspecified atom stereocenters. The molecule has 0 aromatic heterocycles. The monoisotopic (exact) mass is 310 g/mol. The number of hydrogen-bond acceptors (Lipinski definition) is 2. The molecule has 0 amide bonds. The van der Waals surface area contributed by atoms with Gasteiger partial charge in [-0.1, -0.05) is 54.1 Å². The van der Waals surface area contributed by atoms with E-state index >= 15 is 0 Å². The molecule has 0 N–H and O–H groups in total. The first-order valence-electron chi connectivity index (χ1n) is 7.89. The van der Waals surface area contributed by atoms with Gasteiger partial charge in [-0.3, -0.25) is 4.79 Å². The van der Waals surface area contributed by atoms with Crippen molar-refractivity contribution in [1.82, 2.24) is 5.06 Å². The van der Waals surface area contributed by atoms with Gasteiger partial charge >= 0.3 is 0 Å². The van der Waals surface area contributed by atoms with Crippen molar-refractivity contribution in [3.05, 3.63) is 70.8 Å². The number of benzene rings is 2. The lowest BCUT2D eigenvalue weighted by molar-refractivity contribution is -0.241. The van der Waals surface area contributed by atoms with Gasteiger partial charge in [0, 0.05) is 11.1 Å². The molecule has 0 aliphatic heterocycles. The predicted molar refractivity (Wildman–Crippen MR) is 91.7 cm³/mol. The molecule has 0 bridgehead atoms. The van der Waals surface area contributed by atoms with Crippen LogP contribution in [0, 0.1) is 6.92 Å². The summed E-state index contributed by atoms with van der Waals surface area (Å²) in [4.78, 5) is 11.3. The van der Waals surface area contributed by atoms with E-state index in [0.29, 0.717) is 12.0 Å². The Kier molecular flexibility index (Phi) is 5.34. The standard InChI is InChI=1S/C20H24NO2/c1-15-8-7-11-17(12-15)19(21(23)20(2,3)4)13-16-9-5-6-10-18(16)14-22/h5-12,14,19H,13H2,1-4H3. The van der Waals surface area contributed by atoms with Crippen LogP contribution >= 0.6 is 0 Å². The average Bonchev–Trinajstić information content (AvgIpc) is 2.51. The van der Waals surface area contributed by atoms with E-state index in [9.17, 15) is 10.0 Å². The van der Waals surface area contributed by atoms with E-state index in [1.165, 1.54) is 0 Å². The molecule has 1 atom stereocenters. The zero-order chi connectivity index (χ0) is 17.0. The second-order valence-electron chi connectivity index (χ2n) is 6.95. The third kappa shape index (κ3) is 4.27. The zero-order valence-electron chi connectivity index (χ0n) is 14.2. The van der Waals surface area contributed by atoms with Crippen molar-refractivity contribution < 1.29 is 10.0 Å². The van der Waals surface area contributed by atoms with Crippen molar-refractivity contribution in [3.63, 3.8) is 0 Å². The maximum Gasteiger partial charge on any atom is 0.150 e. The van der Waals surface area contributed by atoms with Crippen LogP contribution in [0.4, 0.5) is 0 Å². The SMILES string of the molecule is Cc1cccc(C(Cc2ccccc2C=O)N([O])C(C)(C)C)c1. The van der Waals surface area contributed by atoms with Crippen LogP contribution in [0.1, 0.15) is 53.9 Å². The molecule has 23 heavy (non-hydrogen) atoms. The normalized spacial score (nSPS) is 13.1. The third-order valence-electron chi connectivity index (χ3n) is 3.97. The summed E-state index contributed by atoms with van der Waals surface area (Å²) in [6.07, 6.45) is 1.37. The summed E-state index contributed by atoms with van der Waals surface area (Å²) in [6.45, 7) is 7.75. The summed E-state index contributed by atoms with van der Waals surface area (Å²) in [5, 5.41) is 14.1. The minimum absolute atomic E-state index is 0.323. The summed E-state index contributed by atoms with van der Waals surface area (Å²) < 4.78 is 0. The minimum atomic E-state index is -0.509. The van der Waals surface area contributed by atoms with Gasteiger partial charge in [0.1, 0.15) is 6.29 Å². The van der Waals surface area contributed by atoms with E-state index in [-0.39, 0.29) is 6.04 Å². The Hall–Kier alpha value is -1.97. The van der Waals surface area contributed by atoms with Gasteiger partial charge in [-0.25, -0.2) is 0 Å². The second kappa shape index (κ2) is 7.07. The van der Waals surface area contributed by atoms with Gasteiger partial charge in [0.05, 0.1) is 6.04 Å². The van der Waals surface area contributed by atoms with E-state index in [2.05, 4.69) is 0 Å². The summed E-state index contributed by atoms with van der Waals surface area (Å²) >= 11 is 0. The van der Waals surface area contributed by atoms with E-state index in [0.717, 1.165) is 28.0 Å². The van der Waals surface area contributed by atoms with Gasteiger partial charge < -0.3 is 0 Å². The summed E-state index contributed by atoms with van der Waals surface area (Å²) in [5.41, 5.74) is 3.14. The molecule has 2 aromatic carbocycles. The number of aryl methyl sites for hydroxylation is 1. The van der Waals surface area contributed by atoms with E-state index in [4.69, 9.17) is 0 Å². The van der Waals surface area contributed by atoms with Gasteiger partial charge in [0.15, 0.2) is 0 Å². The summed E-state index contributed by atoms with van der Waals surface area (Å²) in [5.74, 6) is 0. The van der Waals surface area contributed by atoms with Crippen molar-refractivity contribution in [3.8, 4) is 0 Å². The van der Waals surface area contributed by atoms with E-state index < -0.39 is 5.54 Å². The lowest BCUT2D eigenvalue weighted by Crippen LogP contribution is -2.41. The van der Waals surface area contributed by atoms with Crippen molar-refractivity contribution in [1.29, 1.82) is 0 Å². The maximum atomic E-state index is 12.9. The number of nitrogens with zero attached hydrogens (tertiary/aromatic N) is 1. The highest BCUT2D eigenvalue weighted by Gasteiger charge is 2.31. The van der Waals surface area contributed by atoms with Crippen LogP contribution in [-0.4, -0.2) is 16.9 Å². The third-order valence-corrected chi connectivity index (χ3v) is 3.97. The predicted octanol–water partition coefficient (Wildman–Crippen LogP) is 4.54. The van der Waals surface area contributed by atoms with Crippen LogP contribution in [0.25, 0.3) is 0 Å². The molecule has 0 aliphatic rings. The molecule has 1 radical (unpaired) electrons. The number of rotatable bonds is 5. The fraction of sp³-hybridized carbons (Fsp3) is 0.350. The van der Waals surface area contributed by atoms with Crippen LogP contribution in [0.3, 0.4) is 0 Å². The van der Waals surface area contributed by atoms with E-state index in [1.54, 1.807) is 6.07 Å². The highest BCUT2D eigenvalue weighted by atomic mass is 16.5. The smallest absolute Gasteiger partial charge is 0.150 e. The summed E-state index contributed by atoms with van der Waals surface area (Å²) in [7, 11) is 0. The lowest BCUT2D eigenvalue weighted by atomic mass is 9.92. The Balaban J connectivity index is 2.43. The van der Waals surface area contributed by atoms with Gasteiger partial charge in [0.2, 0.25) is 0 Å². The fourth-order valence-electron chi connectivity index (χ4n) is 2.72. The summed E-state index contributed by atoms with van der Waals surface area (Å²) in [6, 6.07) is 15.2. The van der Waals surface area contributed by atoms with Crippen molar-refractivity contribution in [2.45, 2.75) is 45.7 Å². The highest BCUT2D eigenvalue weighted by Crippen LogP contribution is 2.31. The Bertz CT molecular complexity index is 673. The Morgan fingerprint density at radius 3 is 2.39 bits per heavy atom. The zero-order valence-corrected chi connectivity index (χ0v) is 14.2. The maximum absolute atomic E-state index is 12.9. The minimum Gasteiger partial charge on any atom is -0.298 e. The Morgan fingerprint density at radius 2 is 1.78 bits per heavy atom. The Morgan fingerprint density at radius 1 is 1.09 bits per heavy atom. The molecule has 0 aliphatic carbocycles. The number of carbonyl (C=O) groups is 1. The number of hydrogen-bond donors (Lipinski definition) is 0. The van der Waals surface area contributed by atoms with Crippen LogP contribution in [-0.2, 0) is 11.6 Å². The molecule has 3 nitrogen and oxygen atoms in total. The number of hydroxylamine groups is 2. The molecule has 2 aromatic rings. The van der Waals surface area contributed by atoms with E-state index in [1.807, 2.05) is 70.2 Å². The van der Waals surface area contributed by atoms with Crippen molar-refractivity contribution in [2.24, 2.45) is 0 Å². The molecule has 0 saturated carbocycles. The first-order valence-corrected chi connectivity index (χ1v) is 7.89. The van der Waals surface area contributed by atoms with Gasteiger partial charge in [-0.15, -0.1) is 10.3 Å². The van der Waals surface area contributed by atoms with Crippen molar-refractivity contribution in [2.75, 3.05) is 0 Å². The second-order valence-corrected chi connectivity index (χ2v) is 6.95. The number of aldehydes is 1. The molecule has 0 heterocycles. The molecular formula is C20H24NO2. The fourth-order valence-corrected chi connectivity index (χ4v) is 2.72. The molecule has 3 heteroatoms. The molecule has 0 saturated heterocycles. The van der Waals surface area contributed by atoms with Gasteiger partial charge in [0.25, 0.3) is 0 Å². The topological polar surface area (TPSA) is 40.2 Å². The van der Waals surface area contributed by atoms with Crippen LogP contribution in [0.15, 0.2) is 48.5 Å². The lowest BCUT2D eigenvalue weighted by Gasteiger charge is -2.35. The molecule has 0 fully saturated rings. The van der Waals surface area contributed by atoms with Crippen molar-refractivity contribution >= 4 is 6.29 Å². The van der Waals surface area contributed by atoms with Crippen LogP contribution in [0.2, 0.25) is 0 Å². The first kappa shape index (κ1) is 17.4. The number of carbonyl (C=O) groups excluding carboxylic acids is 1. The van der Waals surface area contributed by atoms with Gasteiger partial charge in [-0.05, 0) is 45.2 Å². The Labute approximate surface area is 138 Å². The molecule has 0 spiro atoms. The largest absolute Gasteiger partial charge is 0.298 e. The highest BCUT2D eigenvalue weighted by molar-refractivity contribution is 5.77. The quantitative estimate of drug-likeness (QED) is 0.601. The van der Waals surface area contributed by atoms with Crippen LogP contribution in [0.5, 0.6) is 0 Å². The van der Waals surface area contributed by atoms with Crippen LogP contribution < -0.4 is 0 Å². The van der Waals surface area contributed by atoms with Gasteiger partial charge in [-0.2, -0.15) is 0 Å². The molecular weight excluding hydrogens is 286 g/mol. The average molecular weight is 310 g/mol. The molecule has 121 valence electrons. The first-order chi connectivity index (χ1) is 10.8. The molecule has 2 rings (SSSR count).